The molecule has 1 atom stereocenters. The van der Waals surface area contributed by atoms with E-state index in [9.17, 15) is 9.90 Å². The number of nitrogens with zero attached hydrogens (tertiary/aromatic N) is 2. The van der Waals surface area contributed by atoms with E-state index in [0.29, 0.717) is 0 Å². The summed E-state index contributed by atoms with van der Waals surface area (Å²) in [7, 11) is 0. The maximum absolute atomic E-state index is 10.8. The quantitative estimate of drug-likeness (QED) is 0.754. The highest BCUT2D eigenvalue weighted by Gasteiger charge is 2.08. The second kappa shape index (κ2) is 5.43. The SMILES string of the molecule is CC(Nc1cnn(CC(N)=O)c1)c1cccc(O)c1. The second-order valence-corrected chi connectivity index (χ2v) is 4.35. The van der Waals surface area contributed by atoms with Gasteiger partial charge in [0.15, 0.2) is 0 Å². The van der Waals surface area contributed by atoms with Crippen LogP contribution in [0.5, 0.6) is 5.75 Å². The van der Waals surface area contributed by atoms with Crippen molar-refractivity contribution in [2.24, 2.45) is 5.73 Å². The Balaban J connectivity index is 2.04. The van der Waals surface area contributed by atoms with Crippen molar-refractivity contribution in [2.75, 3.05) is 5.32 Å². The Morgan fingerprint density at radius 2 is 2.37 bits per heavy atom. The molecule has 1 amide bonds. The number of anilines is 1. The summed E-state index contributed by atoms with van der Waals surface area (Å²) in [6.45, 7) is 2.03. The maximum atomic E-state index is 10.8. The molecule has 0 fully saturated rings. The highest BCUT2D eigenvalue weighted by Crippen LogP contribution is 2.21. The lowest BCUT2D eigenvalue weighted by Gasteiger charge is -2.14. The third kappa shape index (κ3) is 3.48. The Labute approximate surface area is 110 Å². The fraction of sp³-hybridized carbons (Fsp3) is 0.231. The van der Waals surface area contributed by atoms with Crippen molar-refractivity contribution in [3.8, 4) is 5.75 Å². The van der Waals surface area contributed by atoms with E-state index < -0.39 is 5.91 Å². The van der Waals surface area contributed by atoms with Gasteiger partial charge in [-0.1, -0.05) is 12.1 Å². The summed E-state index contributed by atoms with van der Waals surface area (Å²) in [5.41, 5.74) is 6.84. The molecule has 0 radical (unpaired) electrons. The number of carbonyl (C=O) groups excluding carboxylic acids is 1. The summed E-state index contributed by atoms with van der Waals surface area (Å²) in [6, 6.07) is 7.05. The van der Waals surface area contributed by atoms with E-state index >= 15 is 0 Å². The first-order valence-electron chi connectivity index (χ1n) is 5.91. The number of benzene rings is 1. The van der Waals surface area contributed by atoms with Crippen molar-refractivity contribution in [3.05, 3.63) is 42.2 Å². The Bertz CT molecular complexity index is 580. The van der Waals surface area contributed by atoms with E-state index in [1.165, 1.54) is 4.68 Å². The lowest BCUT2D eigenvalue weighted by molar-refractivity contribution is -0.118. The largest absolute Gasteiger partial charge is 0.508 e. The van der Waals surface area contributed by atoms with Gasteiger partial charge in [-0.2, -0.15) is 5.10 Å². The van der Waals surface area contributed by atoms with Crippen LogP contribution in [0.4, 0.5) is 5.69 Å². The number of hydrogen-bond acceptors (Lipinski definition) is 4. The summed E-state index contributed by atoms with van der Waals surface area (Å²) in [5.74, 6) is -0.203. The van der Waals surface area contributed by atoms with Crippen LogP contribution in [-0.4, -0.2) is 20.8 Å². The normalized spacial score (nSPS) is 12.1. The lowest BCUT2D eigenvalue weighted by atomic mass is 10.1. The van der Waals surface area contributed by atoms with Gasteiger partial charge in [-0.3, -0.25) is 9.48 Å². The zero-order valence-electron chi connectivity index (χ0n) is 10.6. The van der Waals surface area contributed by atoms with Crippen molar-refractivity contribution in [1.82, 2.24) is 9.78 Å². The van der Waals surface area contributed by atoms with E-state index in [0.717, 1.165) is 11.3 Å². The molecule has 1 aromatic carbocycles. The zero-order valence-corrected chi connectivity index (χ0v) is 10.6. The van der Waals surface area contributed by atoms with Gasteiger partial charge >= 0.3 is 0 Å². The number of aromatic nitrogens is 2. The summed E-state index contributed by atoms with van der Waals surface area (Å²) in [5, 5.41) is 16.7. The van der Waals surface area contributed by atoms with Gasteiger partial charge in [0.2, 0.25) is 5.91 Å². The monoisotopic (exact) mass is 260 g/mol. The molecular formula is C13H16N4O2. The van der Waals surface area contributed by atoms with Crippen LogP contribution in [0.2, 0.25) is 0 Å². The molecule has 6 nitrogen and oxygen atoms in total. The van der Waals surface area contributed by atoms with Crippen LogP contribution in [0, 0.1) is 0 Å². The second-order valence-electron chi connectivity index (χ2n) is 4.35. The van der Waals surface area contributed by atoms with E-state index in [-0.39, 0.29) is 18.3 Å². The minimum atomic E-state index is -0.435. The molecule has 0 aliphatic carbocycles. The van der Waals surface area contributed by atoms with Gasteiger partial charge in [-0.15, -0.1) is 0 Å². The van der Waals surface area contributed by atoms with Crippen molar-refractivity contribution in [2.45, 2.75) is 19.5 Å². The van der Waals surface area contributed by atoms with E-state index in [1.807, 2.05) is 13.0 Å². The molecule has 0 saturated carbocycles. The Hall–Kier alpha value is -2.50. The molecule has 0 aliphatic rings. The number of primary amides is 1. The van der Waals surface area contributed by atoms with Gasteiger partial charge in [0.05, 0.1) is 11.9 Å². The van der Waals surface area contributed by atoms with E-state index in [1.54, 1.807) is 30.6 Å². The standard InChI is InChI=1S/C13H16N4O2/c1-9(10-3-2-4-12(18)5-10)16-11-6-15-17(7-11)8-13(14)19/h2-7,9,16,18H,8H2,1H3,(H2,14,19). The van der Waals surface area contributed by atoms with E-state index in [4.69, 9.17) is 5.73 Å². The Morgan fingerprint density at radius 3 is 3.05 bits per heavy atom. The first-order valence-corrected chi connectivity index (χ1v) is 5.91. The molecule has 0 aliphatic heterocycles. The number of amides is 1. The summed E-state index contributed by atoms with van der Waals surface area (Å²) in [4.78, 5) is 10.8. The Morgan fingerprint density at radius 1 is 1.58 bits per heavy atom. The number of nitrogens with two attached hydrogens (primary N) is 1. The fourth-order valence-electron chi connectivity index (χ4n) is 1.81. The van der Waals surface area contributed by atoms with Crippen LogP contribution in [-0.2, 0) is 11.3 Å². The van der Waals surface area contributed by atoms with Gasteiger partial charge in [0, 0.05) is 12.2 Å². The van der Waals surface area contributed by atoms with Crippen molar-refractivity contribution in [3.63, 3.8) is 0 Å². The van der Waals surface area contributed by atoms with Gasteiger partial charge in [0.25, 0.3) is 0 Å². The Kier molecular flexibility index (Phi) is 3.70. The molecule has 6 heteroatoms. The van der Waals surface area contributed by atoms with Crippen LogP contribution in [0.1, 0.15) is 18.5 Å². The molecule has 4 N–H and O–H groups in total. The van der Waals surface area contributed by atoms with Gasteiger partial charge in [-0.05, 0) is 24.6 Å². The van der Waals surface area contributed by atoms with Crippen molar-refractivity contribution < 1.29 is 9.90 Å². The predicted molar refractivity (Wildman–Crippen MR) is 71.6 cm³/mol. The molecule has 0 spiro atoms. The third-order valence-electron chi connectivity index (χ3n) is 2.70. The highest BCUT2D eigenvalue weighted by molar-refractivity contribution is 5.73. The minimum absolute atomic E-state index is 0.0123. The molecule has 0 bridgehead atoms. The van der Waals surface area contributed by atoms with Crippen LogP contribution >= 0.6 is 0 Å². The number of phenols is 1. The number of nitrogens with one attached hydrogen (secondary N) is 1. The lowest BCUT2D eigenvalue weighted by Crippen LogP contribution is -2.18. The zero-order chi connectivity index (χ0) is 13.8. The van der Waals surface area contributed by atoms with E-state index in [2.05, 4.69) is 10.4 Å². The van der Waals surface area contributed by atoms with Crippen LogP contribution in [0.15, 0.2) is 36.7 Å². The first kappa shape index (κ1) is 12.9. The number of hydrogen-bond donors (Lipinski definition) is 3. The fourth-order valence-corrected chi connectivity index (χ4v) is 1.81. The van der Waals surface area contributed by atoms with Gasteiger partial charge in [-0.25, -0.2) is 0 Å². The number of aromatic hydroxyl groups is 1. The van der Waals surface area contributed by atoms with Gasteiger partial charge < -0.3 is 16.2 Å². The third-order valence-corrected chi connectivity index (χ3v) is 2.70. The molecule has 1 heterocycles. The maximum Gasteiger partial charge on any atom is 0.239 e. The predicted octanol–water partition coefficient (Wildman–Crippen LogP) is 1.25. The van der Waals surface area contributed by atoms with Gasteiger partial charge in [0.1, 0.15) is 12.3 Å². The molecule has 100 valence electrons. The molecular weight excluding hydrogens is 244 g/mol. The number of rotatable bonds is 5. The smallest absolute Gasteiger partial charge is 0.239 e. The van der Waals surface area contributed by atoms with Crippen molar-refractivity contribution >= 4 is 11.6 Å². The summed E-state index contributed by atoms with van der Waals surface area (Å²) in [6.07, 6.45) is 3.34. The molecule has 19 heavy (non-hydrogen) atoms. The summed E-state index contributed by atoms with van der Waals surface area (Å²) >= 11 is 0. The molecule has 1 unspecified atom stereocenters. The molecule has 1 aromatic heterocycles. The molecule has 0 saturated heterocycles. The van der Waals surface area contributed by atoms with Crippen LogP contribution in [0.25, 0.3) is 0 Å². The molecule has 2 aromatic rings. The highest BCUT2D eigenvalue weighted by atomic mass is 16.3. The summed E-state index contributed by atoms with van der Waals surface area (Å²) < 4.78 is 1.47. The number of carbonyl (C=O) groups is 1. The topological polar surface area (TPSA) is 93.2 Å². The number of phenolic OH excluding ortho intramolecular Hbond substituents is 1. The van der Waals surface area contributed by atoms with Crippen LogP contribution < -0.4 is 11.1 Å². The first-order chi connectivity index (χ1) is 9.04. The molecule has 2 rings (SSSR count). The average molecular weight is 260 g/mol. The van der Waals surface area contributed by atoms with Crippen LogP contribution in [0.3, 0.4) is 0 Å². The van der Waals surface area contributed by atoms with Crippen molar-refractivity contribution in [1.29, 1.82) is 0 Å². The minimum Gasteiger partial charge on any atom is -0.508 e. The average Bonchev–Trinajstić information content (AvgIpc) is 2.75.